The number of rotatable bonds is 6. The van der Waals surface area contributed by atoms with Gasteiger partial charge in [-0.15, -0.1) is 0 Å². The Morgan fingerprint density at radius 2 is 1.48 bits per heavy atom. The Kier molecular flexibility index (Phi) is 6.28. The van der Waals surface area contributed by atoms with Crippen LogP contribution in [0.15, 0.2) is 90.5 Å². The minimum absolute atomic E-state index is 0.0734. The van der Waals surface area contributed by atoms with Crippen molar-refractivity contribution >= 4 is 40.6 Å². The zero-order valence-electron chi connectivity index (χ0n) is 17.5. The molecule has 1 fully saturated rings. The number of thiocarbonyl (C=S) groups is 1. The van der Waals surface area contributed by atoms with E-state index in [4.69, 9.17) is 21.7 Å². The van der Waals surface area contributed by atoms with E-state index in [1.54, 1.807) is 48.5 Å². The van der Waals surface area contributed by atoms with Crippen LogP contribution in [-0.2, 0) is 9.59 Å². The molecule has 7 nitrogen and oxygen atoms in total. The van der Waals surface area contributed by atoms with Gasteiger partial charge in [-0.25, -0.2) is 0 Å². The second kappa shape index (κ2) is 9.46. The number of carbonyl (C=O) groups excluding carboxylic acids is 3. The lowest BCUT2D eigenvalue weighted by Crippen LogP contribution is -2.54. The zero-order chi connectivity index (χ0) is 23.4. The third-order valence-electron chi connectivity index (χ3n) is 4.83. The fourth-order valence-corrected chi connectivity index (χ4v) is 3.43. The Labute approximate surface area is 195 Å². The molecule has 2 amide bonds. The maximum Gasteiger partial charge on any atom is 0.270 e. The van der Waals surface area contributed by atoms with Gasteiger partial charge >= 0.3 is 0 Å². The van der Waals surface area contributed by atoms with Crippen LogP contribution in [0.4, 0.5) is 5.69 Å². The minimum atomic E-state index is -0.729. The number of hydrogen-bond donors (Lipinski definition) is 1. The van der Waals surface area contributed by atoms with Crippen molar-refractivity contribution in [2.75, 3.05) is 12.0 Å². The van der Waals surface area contributed by atoms with Crippen LogP contribution in [0.1, 0.15) is 10.4 Å². The molecule has 1 aliphatic heterocycles. The molecule has 3 aromatic rings. The molecule has 0 atom stereocenters. The van der Waals surface area contributed by atoms with E-state index in [-0.39, 0.29) is 10.7 Å². The van der Waals surface area contributed by atoms with E-state index in [2.05, 4.69) is 5.32 Å². The van der Waals surface area contributed by atoms with Gasteiger partial charge in [0.2, 0.25) is 0 Å². The average molecular weight is 458 g/mol. The number of ketones is 1. The number of para-hydroxylation sites is 1. The Bertz CT molecular complexity index is 1250. The van der Waals surface area contributed by atoms with Crippen molar-refractivity contribution in [3.8, 4) is 17.2 Å². The molecule has 1 N–H and O–H groups in total. The van der Waals surface area contributed by atoms with E-state index >= 15 is 0 Å². The van der Waals surface area contributed by atoms with Crippen molar-refractivity contribution in [3.05, 3.63) is 96.1 Å². The number of carbonyl (C=O) groups is 3. The first-order valence-electron chi connectivity index (χ1n) is 9.89. The van der Waals surface area contributed by atoms with E-state index in [1.165, 1.54) is 7.11 Å². The van der Waals surface area contributed by atoms with Crippen molar-refractivity contribution in [1.29, 1.82) is 0 Å². The highest BCUT2D eigenvalue weighted by atomic mass is 32.1. The fraction of sp³-hybridized carbons (Fsp3) is 0.0400. The van der Waals surface area contributed by atoms with Gasteiger partial charge in [-0.1, -0.05) is 18.2 Å². The van der Waals surface area contributed by atoms with Gasteiger partial charge in [-0.05, 0) is 72.9 Å². The van der Waals surface area contributed by atoms with Crippen LogP contribution in [0.5, 0.6) is 17.2 Å². The summed E-state index contributed by atoms with van der Waals surface area (Å²) in [5, 5.41) is 2.39. The maximum atomic E-state index is 13.1. The molecule has 0 bridgehead atoms. The van der Waals surface area contributed by atoms with Crippen molar-refractivity contribution in [2.45, 2.75) is 0 Å². The number of amides is 2. The normalized spacial score (nSPS) is 14.8. The average Bonchev–Trinajstić information content (AvgIpc) is 2.83. The summed E-state index contributed by atoms with van der Waals surface area (Å²) in [6.07, 6.45) is 1.02. The molecule has 0 radical (unpaired) electrons. The molecule has 1 aliphatic rings. The first-order valence-corrected chi connectivity index (χ1v) is 10.3. The molecular formula is C25H18N2O5S. The quantitative estimate of drug-likeness (QED) is 0.260. The molecule has 4 rings (SSSR count). The van der Waals surface area contributed by atoms with Gasteiger partial charge in [0.05, 0.1) is 12.8 Å². The summed E-state index contributed by atoms with van der Waals surface area (Å²) in [7, 11) is 1.52. The molecule has 164 valence electrons. The standard InChI is InChI=1S/C25H18N2O5S/c1-31-18-11-7-16(8-12-18)22(28)15-21-23(29)26-25(33)27(24(21)30)17-9-13-20(14-10-17)32-19-5-3-2-4-6-19/h2-15H,1H3,(H,26,29,33)/b21-15+. The van der Waals surface area contributed by atoms with Crippen LogP contribution >= 0.6 is 12.2 Å². The first kappa shape index (κ1) is 21.9. The summed E-state index contributed by atoms with van der Waals surface area (Å²) in [6, 6.07) is 22.2. The summed E-state index contributed by atoms with van der Waals surface area (Å²) >= 11 is 5.20. The van der Waals surface area contributed by atoms with E-state index in [0.29, 0.717) is 28.5 Å². The van der Waals surface area contributed by atoms with Crippen LogP contribution in [0, 0.1) is 0 Å². The van der Waals surface area contributed by atoms with Gasteiger partial charge in [-0.2, -0.15) is 0 Å². The highest BCUT2D eigenvalue weighted by Crippen LogP contribution is 2.26. The molecular weight excluding hydrogens is 440 g/mol. The molecule has 0 aromatic heterocycles. The highest BCUT2D eigenvalue weighted by Gasteiger charge is 2.35. The van der Waals surface area contributed by atoms with E-state index in [9.17, 15) is 14.4 Å². The number of methoxy groups -OCH3 is 1. The highest BCUT2D eigenvalue weighted by molar-refractivity contribution is 7.80. The number of anilines is 1. The van der Waals surface area contributed by atoms with Crippen LogP contribution in [0.2, 0.25) is 0 Å². The molecule has 8 heteroatoms. The van der Waals surface area contributed by atoms with Gasteiger partial charge in [0.15, 0.2) is 10.9 Å². The van der Waals surface area contributed by atoms with Gasteiger partial charge in [0.25, 0.3) is 11.8 Å². The van der Waals surface area contributed by atoms with Crippen molar-refractivity contribution < 1.29 is 23.9 Å². The fourth-order valence-electron chi connectivity index (χ4n) is 3.15. The summed E-state index contributed by atoms with van der Waals surface area (Å²) in [6.45, 7) is 0. The first-order chi connectivity index (χ1) is 16.0. The van der Waals surface area contributed by atoms with Gasteiger partial charge in [0, 0.05) is 11.6 Å². The van der Waals surface area contributed by atoms with Gasteiger partial charge < -0.3 is 9.47 Å². The van der Waals surface area contributed by atoms with Crippen LogP contribution in [0.3, 0.4) is 0 Å². The molecule has 0 spiro atoms. The van der Waals surface area contributed by atoms with Gasteiger partial charge in [0.1, 0.15) is 22.8 Å². The van der Waals surface area contributed by atoms with Crippen LogP contribution in [-0.4, -0.2) is 29.8 Å². The number of nitrogens with one attached hydrogen (secondary N) is 1. The molecule has 1 heterocycles. The number of ether oxygens (including phenoxy) is 2. The minimum Gasteiger partial charge on any atom is -0.497 e. The Morgan fingerprint density at radius 3 is 2.12 bits per heavy atom. The Balaban J connectivity index is 1.56. The second-order valence-electron chi connectivity index (χ2n) is 6.96. The Hall–Kier alpha value is -4.30. The van der Waals surface area contributed by atoms with E-state index in [1.807, 2.05) is 30.3 Å². The molecule has 33 heavy (non-hydrogen) atoms. The smallest absolute Gasteiger partial charge is 0.270 e. The SMILES string of the molecule is COc1ccc(C(=O)/C=C2\C(=O)NC(=S)N(c3ccc(Oc4ccccc4)cc3)C2=O)cc1. The molecule has 0 unspecified atom stereocenters. The van der Waals surface area contributed by atoms with Crippen LogP contribution in [0.25, 0.3) is 0 Å². The molecule has 1 saturated heterocycles. The summed E-state index contributed by atoms with van der Waals surface area (Å²) < 4.78 is 10.8. The lowest BCUT2D eigenvalue weighted by molar-refractivity contribution is -0.122. The molecule has 3 aromatic carbocycles. The number of benzene rings is 3. The maximum absolute atomic E-state index is 13.1. The van der Waals surface area contributed by atoms with E-state index in [0.717, 1.165) is 11.0 Å². The van der Waals surface area contributed by atoms with Gasteiger partial charge in [-0.3, -0.25) is 24.6 Å². The largest absolute Gasteiger partial charge is 0.497 e. The van der Waals surface area contributed by atoms with Crippen molar-refractivity contribution in [2.24, 2.45) is 0 Å². The topological polar surface area (TPSA) is 84.9 Å². The monoisotopic (exact) mass is 458 g/mol. The van der Waals surface area contributed by atoms with E-state index < -0.39 is 17.6 Å². The lowest BCUT2D eigenvalue weighted by atomic mass is 10.0. The molecule has 0 aliphatic carbocycles. The summed E-state index contributed by atoms with van der Waals surface area (Å²) in [5.74, 6) is -0.0916. The lowest BCUT2D eigenvalue weighted by Gasteiger charge is -2.28. The molecule has 0 saturated carbocycles. The summed E-state index contributed by atoms with van der Waals surface area (Å²) in [5.41, 5.74) is 0.424. The zero-order valence-corrected chi connectivity index (χ0v) is 18.3. The predicted octanol–water partition coefficient (Wildman–Crippen LogP) is 4.04. The van der Waals surface area contributed by atoms with Crippen molar-refractivity contribution in [1.82, 2.24) is 5.32 Å². The second-order valence-corrected chi connectivity index (χ2v) is 7.35. The predicted molar refractivity (Wildman–Crippen MR) is 127 cm³/mol. The number of allylic oxidation sites excluding steroid dienone is 1. The third kappa shape index (κ3) is 4.81. The Morgan fingerprint density at radius 1 is 0.879 bits per heavy atom. The summed E-state index contributed by atoms with van der Waals surface area (Å²) in [4.78, 5) is 39.3. The van der Waals surface area contributed by atoms with Crippen molar-refractivity contribution in [3.63, 3.8) is 0 Å². The van der Waals surface area contributed by atoms with Crippen LogP contribution < -0.4 is 19.7 Å². The third-order valence-corrected chi connectivity index (χ3v) is 5.11. The number of nitrogens with zero attached hydrogens (tertiary/aromatic N) is 1. The number of hydrogen-bond acceptors (Lipinski definition) is 6.